The van der Waals surface area contributed by atoms with E-state index in [9.17, 15) is 4.39 Å². The van der Waals surface area contributed by atoms with Crippen LogP contribution in [0, 0.1) is 11.3 Å². The molecule has 0 radical (unpaired) electrons. The van der Waals surface area contributed by atoms with Crippen LogP contribution in [0.15, 0.2) is 71.1 Å². The molecule has 0 fully saturated rings. The summed E-state index contributed by atoms with van der Waals surface area (Å²) >= 11 is 0. The SMILES string of the molecule is N=NN=C(N)c1ccc2c(c1)nc(Nc1cccc(F)c1)c1cccn12. The lowest BCUT2D eigenvalue weighted by Crippen LogP contribution is -2.12. The van der Waals surface area contributed by atoms with E-state index >= 15 is 0 Å². The largest absolute Gasteiger partial charge is 0.382 e. The number of rotatable bonds is 4. The molecule has 0 bridgehead atoms. The molecule has 4 rings (SSSR count). The minimum atomic E-state index is -0.326. The van der Waals surface area contributed by atoms with Crippen LogP contribution >= 0.6 is 0 Å². The van der Waals surface area contributed by atoms with Crippen LogP contribution in [-0.2, 0) is 0 Å². The van der Waals surface area contributed by atoms with Gasteiger partial charge in [-0.25, -0.2) is 9.37 Å². The molecule has 0 saturated carbocycles. The van der Waals surface area contributed by atoms with E-state index in [1.54, 1.807) is 24.3 Å². The van der Waals surface area contributed by atoms with Gasteiger partial charge in [-0.2, -0.15) is 5.53 Å². The van der Waals surface area contributed by atoms with Crippen LogP contribution < -0.4 is 11.1 Å². The van der Waals surface area contributed by atoms with Crippen molar-refractivity contribution in [1.29, 1.82) is 5.53 Å². The summed E-state index contributed by atoms with van der Waals surface area (Å²) in [6.45, 7) is 0. The average molecular weight is 347 g/mol. The maximum Gasteiger partial charge on any atom is 0.155 e. The molecule has 0 atom stereocenters. The van der Waals surface area contributed by atoms with Crippen molar-refractivity contribution in [2.45, 2.75) is 0 Å². The molecule has 0 saturated heterocycles. The summed E-state index contributed by atoms with van der Waals surface area (Å²) in [5, 5.41) is 9.66. The summed E-state index contributed by atoms with van der Waals surface area (Å²) in [6, 6.07) is 15.5. The molecule has 0 aliphatic carbocycles. The van der Waals surface area contributed by atoms with Gasteiger partial charge in [0.25, 0.3) is 0 Å². The molecule has 4 aromatic rings. The van der Waals surface area contributed by atoms with E-state index in [1.807, 2.05) is 28.8 Å². The van der Waals surface area contributed by atoms with Gasteiger partial charge in [-0.3, -0.25) is 0 Å². The van der Waals surface area contributed by atoms with Crippen molar-refractivity contribution < 1.29 is 4.39 Å². The van der Waals surface area contributed by atoms with E-state index in [4.69, 9.17) is 11.3 Å². The second-order valence-corrected chi connectivity index (χ2v) is 5.65. The minimum Gasteiger partial charge on any atom is -0.382 e. The van der Waals surface area contributed by atoms with E-state index in [1.165, 1.54) is 12.1 Å². The van der Waals surface area contributed by atoms with Crippen LogP contribution in [0.4, 0.5) is 15.9 Å². The van der Waals surface area contributed by atoms with Crippen LogP contribution in [-0.4, -0.2) is 15.2 Å². The predicted molar refractivity (Wildman–Crippen MR) is 98.3 cm³/mol. The zero-order valence-corrected chi connectivity index (χ0v) is 13.5. The number of benzene rings is 2. The maximum absolute atomic E-state index is 13.5. The molecular weight excluding hydrogens is 333 g/mol. The molecule has 7 nitrogen and oxygen atoms in total. The molecule has 2 aromatic carbocycles. The van der Waals surface area contributed by atoms with Gasteiger partial charge in [-0.1, -0.05) is 11.3 Å². The number of nitrogens with two attached hydrogens (primary N) is 1. The zero-order valence-electron chi connectivity index (χ0n) is 13.5. The first-order valence-corrected chi connectivity index (χ1v) is 7.79. The summed E-state index contributed by atoms with van der Waals surface area (Å²) in [6.07, 6.45) is 1.92. The fourth-order valence-corrected chi connectivity index (χ4v) is 2.84. The Morgan fingerprint density at radius 3 is 2.81 bits per heavy atom. The fourth-order valence-electron chi connectivity index (χ4n) is 2.84. The van der Waals surface area contributed by atoms with E-state index in [2.05, 4.69) is 20.6 Å². The lowest BCUT2D eigenvalue weighted by atomic mass is 10.1. The topological polar surface area (TPSA) is 104 Å². The highest BCUT2D eigenvalue weighted by Gasteiger charge is 2.10. The van der Waals surface area contributed by atoms with Gasteiger partial charge in [0.1, 0.15) is 5.82 Å². The van der Waals surface area contributed by atoms with Crippen molar-refractivity contribution >= 4 is 33.9 Å². The number of aromatic nitrogens is 2. The molecule has 4 N–H and O–H groups in total. The number of halogens is 1. The number of hydrogen-bond acceptors (Lipinski definition) is 4. The number of nitrogens with zero attached hydrogens (tertiary/aromatic N) is 4. The number of fused-ring (bicyclic) bond motifs is 3. The van der Waals surface area contributed by atoms with E-state index in [-0.39, 0.29) is 11.7 Å². The van der Waals surface area contributed by atoms with Crippen LogP contribution in [0.25, 0.3) is 16.6 Å². The third kappa shape index (κ3) is 2.73. The van der Waals surface area contributed by atoms with Crippen molar-refractivity contribution in [3.8, 4) is 0 Å². The standard InChI is InChI=1S/C18H14FN7/c19-12-3-1-4-13(10-12)22-18-16-5-2-8-26(16)15-7-6-11(9-14(15)23-18)17(20)24-25-21/h1-10H,(H,22,23)(H3,20,21,24). The van der Waals surface area contributed by atoms with Gasteiger partial charge in [0.05, 0.1) is 16.6 Å². The molecule has 0 aliphatic rings. The quantitative estimate of drug-likeness (QED) is 0.225. The average Bonchev–Trinajstić information content (AvgIpc) is 3.12. The minimum absolute atomic E-state index is 0.135. The first kappa shape index (κ1) is 15.7. The van der Waals surface area contributed by atoms with Crippen molar-refractivity contribution in [2.75, 3.05) is 5.32 Å². The Balaban J connectivity index is 1.89. The van der Waals surface area contributed by atoms with Crippen molar-refractivity contribution in [3.05, 3.63) is 72.2 Å². The zero-order chi connectivity index (χ0) is 18.1. The third-order valence-corrected chi connectivity index (χ3v) is 4.00. The van der Waals surface area contributed by atoms with Crippen LogP contribution in [0.3, 0.4) is 0 Å². The molecule has 8 heteroatoms. The molecule has 128 valence electrons. The Kier molecular flexibility index (Phi) is 3.77. The second-order valence-electron chi connectivity index (χ2n) is 5.65. The Morgan fingerprint density at radius 2 is 2.00 bits per heavy atom. The highest BCUT2D eigenvalue weighted by atomic mass is 19.1. The van der Waals surface area contributed by atoms with Crippen molar-refractivity contribution in [3.63, 3.8) is 0 Å². The van der Waals surface area contributed by atoms with Gasteiger partial charge in [0.15, 0.2) is 11.7 Å². The number of amidine groups is 1. The summed E-state index contributed by atoms with van der Waals surface area (Å²) < 4.78 is 15.5. The molecule has 0 aliphatic heterocycles. The van der Waals surface area contributed by atoms with Crippen molar-refractivity contribution in [2.24, 2.45) is 16.1 Å². The first-order chi connectivity index (χ1) is 12.7. The highest BCUT2D eigenvalue weighted by molar-refractivity contribution is 6.00. The smallest absolute Gasteiger partial charge is 0.155 e. The van der Waals surface area contributed by atoms with Gasteiger partial charge in [0.2, 0.25) is 0 Å². The Bertz CT molecular complexity index is 1160. The van der Waals surface area contributed by atoms with E-state index in [0.29, 0.717) is 22.6 Å². The van der Waals surface area contributed by atoms with Crippen LogP contribution in [0.1, 0.15) is 5.56 Å². The Morgan fingerprint density at radius 1 is 1.12 bits per heavy atom. The summed E-state index contributed by atoms with van der Waals surface area (Å²) in [4.78, 5) is 4.66. The third-order valence-electron chi connectivity index (χ3n) is 4.00. The summed E-state index contributed by atoms with van der Waals surface area (Å²) in [7, 11) is 0. The lowest BCUT2D eigenvalue weighted by molar-refractivity contribution is 0.628. The van der Waals surface area contributed by atoms with Crippen LogP contribution in [0.5, 0.6) is 0 Å². The Hall–Kier alpha value is -3.81. The molecule has 0 unspecified atom stereocenters. The summed E-state index contributed by atoms with van der Waals surface area (Å²) in [5.74, 6) is 0.398. The van der Waals surface area contributed by atoms with Gasteiger partial charge in [-0.15, -0.1) is 5.10 Å². The monoisotopic (exact) mass is 347 g/mol. The maximum atomic E-state index is 13.5. The predicted octanol–water partition coefficient (Wildman–Crippen LogP) is 4.02. The van der Waals surface area contributed by atoms with Gasteiger partial charge in [0, 0.05) is 17.4 Å². The molecule has 0 amide bonds. The first-order valence-electron chi connectivity index (χ1n) is 7.79. The van der Waals surface area contributed by atoms with Crippen molar-refractivity contribution in [1.82, 2.24) is 9.38 Å². The van der Waals surface area contributed by atoms with Gasteiger partial charge >= 0.3 is 0 Å². The van der Waals surface area contributed by atoms with Gasteiger partial charge in [-0.05, 0) is 48.5 Å². The molecule has 2 heterocycles. The number of nitrogens with one attached hydrogen (secondary N) is 2. The molecule has 26 heavy (non-hydrogen) atoms. The summed E-state index contributed by atoms with van der Waals surface area (Å²) in [5.41, 5.74) is 16.3. The highest BCUT2D eigenvalue weighted by Crippen LogP contribution is 2.26. The number of hydrogen-bond donors (Lipinski definition) is 3. The number of anilines is 2. The lowest BCUT2D eigenvalue weighted by Gasteiger charge is -2.11. The molecule has 2 aromatic heterocycles. The molecular formula is C18H14FN7. The second kappa shape index (κ2) is 6.25. The van der Waals surface area contributed by atoms with E-state index < -0.39 is 0 Å². The van der Waals surface area contributed by atoms with Crippen LogP contribution in [0.2, 0.25) is 0 Å². The molecule has 0 spiro atoms. The normalized spacial score (nSPS) is 11.8. The van der Waals surface area contributed by atoms with E-state index in [0.717, 1.165) is 11.0 Å². The fraction of sp³-hybridized carbons (Fsp3) is 0. The Labute approximate surface area is 147 Å². The van der Waals surface area contributed by atoms with Gasteiger partial charge < -0.3 is 15.5 Å².